The molecule has 0 spiro atoms. The average Bonchev–Trinajstić information content (AvgIpc) is 1.60. The zero-order chi connectivity index (χ0) is 65.1. The fraction of sp³-hybridized carbons (Fsp3) is 0.125. The molecule has 3 aliphatic rings. The number of rotatable bonds is 7. The fourth-order valence-electron chi connectivity index (χ4n) is 12.7. The summed E-state index contributed by atoms with van der Waals surface area (Å²) >= 11 is 2.96. The van der Waals surface area contributed by atoms with Crippen LogP contribution in [0.25, 0.3) is 112 Å². The van der Waals surface area contributed by atoms with Crippen LogP contribution >= 0.6 is 22.9 Å². The van der Waals surface area contributed by atoms with E-state index in [0.29, 0.717) is 17.5 Å². The molecule has 0 bridgehead atoms. The summed E-state index contributed by atoms with van der Waals surface area (Å²) in [6, 6.07) is 82.7. The minimum absolute atomic E-state index is 0. The van der Waals surface area contributed by atoms with Crippen molar-refractivity contribution in [3.63, 3.8) is 0 Å². The van der Waals surface area contributed by atoms with Gasteiger partial charge in [0.25, 0.3) is 0 Å². The summed E-state index contributed by atoms with van der Waals surface area (Å²) in [5.41, 5.74) is 30.4. The second kappa shape index (κ2) is 33.2. The van der Waals surface area contributed by atoms with Crippen molar-refractivity contribution in [1.29, 1.82) is 0 Å². The predicted octanol–water partition coefficient (Wildman–Crippen LogP) is 18.6. The second-order valence-electron chi connectivity index (χ2n) is 24.5. The van der Waals surface area contributed by atoms with Crippen LogP contribution in [0.4, 0.5) is 0 Å². The van der Waals surface area contributed by atoms with Crippen molar-refractivity contribution < 1.29 is 111 Å². The van der Waals surface area contributed by atoms with Gasteiger partial charge in [-0.1, -0.05) is 195 Å². The van der Waals surface area contributed by atoms with Crippen LogP contribution in [0.1, 0.15) is 74.9 Å². The number of oxazole rings is 1. The smallest absolute Gasteiger partial charge is 0.203 e. The fourth-order valence-corrected chi connectivity index (χ4v) is 13.7. The third-order valence-electron chi connectivity index (χ3n) is 17.6. The minimum atomic E-state index is -0.0159. The molecule has 0 saturated heterocycles. The molecule has 0 fully saturated rings. The minimum Gasteiger partial charge on any atom is -0.462 e. The Hall–Kier alpha value is -7.94. The molecule has 18 rings (SSSR count). The van der Waals surface area contributed by atoms with Gasteiger partial charge >= 0.3 is 0 Å². The van der Waals surface area contributed by atoms with Gasteiger partial charge < -0.3 is 8.94 Å². The number of benzene rings is 9. The first kappa shape index (κ1) is 76.2. The molecule has 0 aliphatic heterocycles. The number of aryl methyl sites for hydroxylation is 1. The van der Waals surface area contributed by atoms with Gasteiger partial charge in [0, 0.05) is 114 Å². The van der Waals surface area contributed by atoms with E-state index in [4.69, 9.17) is 8.94 Å². The molecule has 9 aromatic carbocycles. The monoisotopic (exact) mass is 2240 g/mol. The molecule has 0 amide bonds. The summed E-state index contributed by atoms with van der Waals surface area (Å²) in [6.45, 7) is 13.6. The summed E-state index contributed by atoms with van der Waals surface area (Å²) in [5.74, 6) is 1.89. The maximum absolute atomic E-state index is 5.07. The van der Waals surface area contributed by atoms with Gasteiger partial charge in [-0.05, 0) is 73.2 Å². The molecule has 0 unspecified atom stereocenters. The van der Waals surface area contributed by atoms with Crippen molar-refractivity contribution in [1.82, 2.24) is 54.7 Å². The van der Waals surface area contributed by atoms with E-state index in [2.05, 4.69) is 248 Å². The number of thiazole rings is 1. The van der Waals surface area contributed by atoms with E-state index in [-0.39, 0.29) is 119 Å². The molecule has 3 aliphatic carbocycles. The van der Waals surface area contributed by atoms with E-state index in [9.17, 15) is 0 Å². The molecule has 0 saturated carbocycles. The van der Waals surface area contributed by atoms with Gasteiger partial charge in [0.15, 0.2) is 6.39 Å². The second-order valence-corrected chi connectivity index (χ2v) is 25.8. The maximum atomic E-state index is 5.07. The van der Waals surface area contributed by atoms with Crippen molar-refractivity contribution in [3.05, 3.63) is 299 Å². The van der Waals surface area contributed by atoms with Gasteiger partial charge in [0.2, 0.25) is 6.39 Å². The summed E-state index contributed by atoms with van der Waals surface area (Å²) in [6.07, 6.45) is 6.22. The number of nitrogens with zero attached hydrogens (tertiary/aromatic N) is 11. The summed E-state index contributed by atoms with van der Waals surface area (Å²) in [5, 5.41) is 18.1. The summed E-state index contributed by atoms with van der Waals surface area (Å²) in [4.78, 5) is 22.6. The molecule has 6 aromatic heterocycles. The van der Waals surface area contributed by atoms with Gasteiger partial charge in [0.05, 0.1) is 35.9 Å². The molecular weight excluding hydrogens is 2180 g/mol. The van der Waals surface area contributed by atoms with Crippen LogP contribution in [-0.2, 0) is 126 Å². The number of hydrogen-bond acceptors (Lipinski definition) is 14. The van der Waals surface area contributed by atoms with Crippen molar-refractivity contribution in [2.45, 2.75) is 57.8 Å². The van der Waals surface area contributed by atoms with E-state index < -0.39 is 0 Å². The van der Waals surface area contributed by atoms with Gasteiger partial charge in [-0.25, -0.2) is 9.36 Å². The van der Waals surface area contributed by atoms with Gasteiger partial charge in [0.1, 0.15) is 11.6 Å². The number of tetrazole rings is 1. The zero-order valence-electron chi connectivity index (χ0n) is 54.7. The van der Waals surface area contributed by atoms with Crippen LogP contribution in [0.3, 0.4) is 0 Å². The van der Waals surface area contributed by atoms with E-state index in [0.717, 1.165) is 61.6 Å². The van der Waals surface area contributed by atoms with Gasteiger partial charge in [-0.2, -0.15) is 15.0 Å². The molecule has 0 atom stereocenters. The Kier molecular flexibility index (Phi) is 25.3. The van der Waals surface area contributed by atoms with Crippen LogP contribution in [0, 0.1) is 30.3 Å². The van der Waals surface area contributed by atoms with Crippen molar-refractivity contribution in [3.8, 4) is 112 Å². The van der Waals surface area contributed by atoms with E-state index in [1.54, 1.807) is 36.4 Å². The summed E-state index contributed by atoms with van der Waals surface area (Å²) < 4.78 is 14.0. The topological polar surface area (TPSA) is 160 Å². The number of hydrogen-bond donors (Lipinski definition) is 0. The third-order valence-corrected chi connectivity index (χ3v) is 18.6. The van der Waals surface area contributed by atoms with Crippen LogP contribution < -0.4 is 0 Å². The van der Waals surface area contributed by atoms with E-state index in [1.807, 2.05) is 78.3 Å². The first-order valence-electron chi connectivity index (χ1n) is 30.8. The third kappa shape index (κ3) is 15.7. The maximum Gasteiger partial charge on any atom is 0.203 e. The zero-order valence-corrected chi connectivity index (χ0v) is 68.1. The average molecular weight is 2240 g/mol. The largest absolute Gasteiger partial charge is 0.462 e. The first-order valence-corrected chi connectivity index (χ1v) is 32.6. The molecule has 13 nitrogen and oxygen atoms in total. The van der Waals surface area contributed by atoms with Crippen molar-refractivity contribution >= 4 is 22.9 Å². The standard InChI is InChI=1S/C18H14NO.C18H14NS.C17H15N4.C14H9N2O.C13H8N3S.3Ir.2Pt/c2*1-18(2)15-6-4-3-5-13(15)14-8-7-12(9-16(14)18)17-10-20-11-19-17;1-17(2)14-7-5-4-6-12(14)13-9-8-11(10-15(13)17)16-18-20-21(3)19-16;1-2-5-11(6-3-1)12-7-4-8-13(9-12)14-15-10-17-16-14;1-2-7-14-12(6-1)10-4-3-5-11(8-10)13-15-9-17-16-13;;;;;/h2*3-6,8-11H,1-2H3;4-7,9-10H,1-3H3;1-7,9-10H;1-4,6-9H;;;;;/q5*-1;;;;;. The molecular formula is C80H60Ir3N11O2Pt2S2-5. The molecule has 511 valence electrons. The van der Waals surface area contributed by atoms with E-state index >= 15 is 0 Å². The first-order chi connectivity index (χ1) is 46.3. The molecule has 20 heteroatoms. The Balaban J connectivity index is 0.000000144. The Labute approximate surface area is 659 Å². The van der Waals surface area contributed by atoms with Crippen LogP contribution in [0.5, 0.6) is 0 Å². The Morgan fingerprint density at radius 3 is 1.44 bits per heavy atom. The number of aromatic nitrogens is 11. The van der Waals surface area contributed by atoms with Crippen LogP contribution in [0.15, 0.2) is 245 Å². The Morgan fingerprint density at radius 1 is 0.420 bits per heavy atom. The molecule has 100 heavy (non-hydrogen) atoms. The van der Waals surface area contributed by atoms with Crippen molar-refractivity contribution in [2.24, 2.45) is 7.05 Å². The number of pyridine rings is 1. The Morgan fingerprint density at radius 2 is 0.940 bits per heavy atom. The predicted molar refractivity (Wildman–Crippen MR) is 374 cm³/mol. The quantitative estimate of drug-likeness (QED) is 0.139. The molecule has 15 aromatic rings. The molecule has 6 heterocycles. The van der Waals surface area contributed by atoms with Crippen LogP contribution in [-0.4, -0.2) is 54.7 Å². The van der Waals surface area contributed by atoms with E-state index in [1.165, 1.54) is 95.9 Å². The number of fused-ring (bicyclic) bond motifs is 9. The summed E-state index contributed by atoms with van der Waals surface area (Å²) in [7, 11) is 1.77. The van der Waals surface area contributed by atoms with Crippen molar-refractivity contribution in [2.75, 3.05) is 0 Å². The SMILES string of the molecule is CC1(C)c2ccccc2-c2c[c-]c(-c3cocn3)cc21.CC1(C)c2ccccc2-c2c[c-]c(-c3cscn3)cc21.Cn1nnc(-c2[c-]cc3c(c2)C(C)(C)c2ccccc2-3)n1.[Ir].[Ir].[Ir].[Pt].[Pt].[c-]1ccc(-c2ccccc2)cc1-c1ncon1.[c-]1ccc(-c2ccccn2)cc1-c1ncsn1. The van der Waals surface area contributed by atoms with Gasteiger partial charge in [-0.15, -0.1) is 170 Å². The van der Waals surface area contributed by atoms with Gasteiger partial charge in [-0.3, -0.25) is 19.9 Å². The molecule has 3 radical (unpaired) electrons. The van der Waals surface area contributed by atoms with Crippen LogP contribution in [0.2, 0.25) is 0 Å². The molecule has 0 N–H and O–H groups in total. The normalized spacial score (nSPS) is 12.6. The Bertz CT molecular complexity index is 4910.